The van der Waals surface area contributed by atoms with E-state index in [0.717, 1.165) is 10.0 Å². The fourth-order valence-corrected chi connectivity index (χ4v) is 2.18. The Morgan fingerprint density at radius 3 is 2.79 bits per heavy atom. The number of hydrogen-bond acceptors (Lipinski definition) is 3. The van der Waals surface area contributed by atoms with Gasteiger partial charge in [0, 0.05) is 4.47 Å². The van der Waals surface area contributed by atoms with Gasteiger partial charge in [0.15, 0.2) is 5.69 Å². The molecule has 0 N–H and O–H groups in total. The molecule has 0 unspecified atom stereocenters. The molecule has 1 aromatic carbocycles. The molecule has 0 fully saturated rings. The molecule has 2 aromatic rings. The van der Waals surface area contributed by atoms with Gasteiger partial charge < -0.3 is 4.74 Å². The molecule has 0 aliphatic rings. The van der Waals surface area contributed by atoms with Crippen LogP contribution in [0.3, 0.4) is 0 Å². The van der Waals surface area contributed by atoms with E-state index in [2.05, 4.69) is 20.9 Å². The van der Waals surface area contributed by atoms with Crippen LogP contribution in [-0.2, 0) is 11.3 Å². The van der Waals surface area contributed by atoms with Crippen molar-refractivity contribution in [3.63, 3.8) is 0 Å². The minimum Gasteiger partial charge on any atom is -0.456 e. The summed E-state index contributed by atoms with van der Waals surface area (Å²) in [6, 6.07) is 10.5. The number of rotatable bonds is 3. The van der Waals surface area contributed by atoms with E-state index in [0.29, 0.717) is 0 Å². The average Bonchev–Trinajstić information content (AvgIpc) is 2.39. The fourth-order valence-electron chi connectivity index (χ4n) is 1.41. The number of hydrogen-bond donors (Lipinski definition) is 0. The maximum Gasteiger partial charge on any atom is 0.358 e. The lowest BCUT2D eigenvalue weighted by Crippen LogP contribution is -2.08. The topological polar surface area (TPSA) is 39.2 Å². The number of ether oxygens (including phenoxy) is 1. The molecule has 3 nitrogen and oxygen atoms in total. The van der Waals surface area contributed by atoms with Gasteiger partial charge in [-0.2, -0.15) is 0 Å². The summed E-state index contributed by atoms with van der Waals surface area (Å²) < 4.78 is 6.06. The van der Waals surface area contributed by atoms with Crippen LogP contribution in [0.1, 0.15) is 16.1 Å². The first-order chi connectivity index (χ1) is 9.06. The summed E-state index contributed by atoms with van der Waals surface area (Å²) >= 11 is 14.9. The van der Waals surface area contributed by atoms with E-state index in [1.165, 1.54) is 12.1 Å². The highest BCUT2D eigenvalue weighted by atomic mass is 79.9. The highest BCUT2D eigenvalue weighted by molar-refractivity contribution is 9.10. The molecule has 0 aliphatic heterocycles. The van der Waals surface area contributed by atoms with Crippen molar-refractivity contribution >= 4 is 45.1 Å². The van der Waals surface area contributed by atoms with Gasteiger partial charge in [0.05, 0.1) is 5.02 Å². The van der Waals surface area contributed by atoms with E-state index in [1.54, 1.807) is 0 Å². The molecule has 0 atom stereocenters. The van der Waals surface area contributed by atoms with Crippen molar-refractivity contribution in [2.24, 2.45) is 0 Å². The third-order valence-corrected chi connectivity index (χ3v) is 3.27. The second-order valence-electron chi connectivity index (χ2n) is 3.67. The normalized spacial score (nSPS) is 10.3. The Labute approximate surface area is 128 Å². The van der Waals surface area contributed by atoms with Gasteiger partial charge in [0.2, 0.25) is 0 Å². The largest absolute Gasteiger partial charge is 0.456 e. The second kappa shape index (κ2) is 6.37. The van der Waals surface area contributed by atoms with Crippen LogP contribution in [0.5, 0.6) is 0 Å². The zero-order valence-corrected chi connectivity index (χ0v) is 12.7. The quantitative estimate of drug-likeness (QED) is 0.597. The first-order valence-electron chi connectivity index (χ1n) is 5.30. The van der Waals surface area contributed by atoms with Gasteiger partial charge in [0.25, 0.3) is 0 Å². The smallest absolute Gasteiger partial charge is 0.358 e. The van der Waals surface area contributed by atoms with E-state index in [9.17, 15) is 4.79 Å². The molecule has 0 amide bonds. The first-order valence-corrected chi connectivity index (χ1v) is 6.85. The summed E-state index contributed by atoms with van der Waals surface area (Å²) in [7, 11) is 0. The SMILES string of the molecule is O=C(OCc1cccc(Br)c1)c1nc(Cl)ccc1Cl. The zero-order chi connectivity index (χ0) is 13.8. The minimum atomic E-state index is -0.604. The first kappa shape index (κ1) is 14.3. The molecule has 98 valence electrons. The molecule has 2 rings (SSSR count). The van der Waals surface area contributed by atoms with Crippen molar-refractivity contribution < 1.29 is 9.53 Å². The molecule has 0 aliphatic carbocycles. The Balaban J connectivity index is 2.07. The summed E-state index contributed by atoms with van der Waals surface area (Å²) in [6.07, 6.45) is 0. The van der Waals surface area contributed by atoms with Crippen LogP contribution in [-0.4, -0.2) is 11.0 Å². The van der Waals surface area contributed by atoms with Crippen molar-refractivity contribution in [1.29, 1.82) is 0 Å². The molecule has 0 radical (unpaired) electrons. The van der Waals surface area contributed by atoms with E-state index in [1.807, 2.05) is 24.3 Å². The molecule has 0 spiro atoms. The van der Waals surface area contributed by atoms with Gasteiger partial charge in [-0.3, -0.25) is 0 Å². The average molecular weight is 361 g/mol. The maximum absolute atomic E-state index is 11.8. The van der Waals surface area contributed by atoms with Crippen molar-refractivity contribution in [3.8, 4) is 0 Å². The number of pyridine rings is 1. The second-order valence-corrected chi connectivity index (χ2v) is 5.38. The highest BCUT2D eigenvalue weighted by Crippen LogP contribution is 2.18. The molecule has 0 bridgehead atoms. The van der Waals surface area contributed by atoms with Crippen molar-refractivity contribution in [2.45, 2.75) is 6.61 Å². The summed E-state index contributed by atoms with van der Waals surface area (Å²) in [5.74, 6) is -0.604. The van der Waals surface area contributed by atoms with E-state index in [4.69, 9.17) is 27.9 Å². The molecular formula is C13H8BrCl2NO2. The van der Waals surface area contributed by atoms with Gasteiger partial charge in [-0.15, -0.1) is 0 Å². The molecule has 1 aromatic heterocycles. The molecule has 0 saturated heterocycles. The fraction of sp³-hybridized carbons (Fsp3) is 0.0769. The predicted molar refractivity (Wildman–Crippen MR) is 77.5 cm³/mol. The lowest BCUT2D eigenvalue weighted by molar-refractivity contribution is 0.0466. The van der Waals surface area contributed by atoms with Gasteiger partial charge in [-0.25, -0.2) is 9.78 Å². The predicted octanol–water partition coefficient (Wildman–Crippen LogP) is 4.51. The summed E-state index contributed by atoms with van der Waals surface area (Å²) in [5.41, 5.74) is 0.880. The van der Waals surface area contributed by atoms with Crippen LogP contribution in [0.25, 0.3) is 0 Å². The monoisotopic (exact) mass is 359 g/mol. The Morgan fingerprint density at radius 2 is 2.05 bits per heavy atom. The summed E-state index contributed by atoms with van der Waals surface area (Å²) in [4.78, 5) is 15.7. The number of carbonyl (C=O) groups is 1. The number of carbonyl (C=O) groups excluding carboxylic acids is 1. The Kier molecular flexibility index (Phi) is 4.80. The number of esters is 1. The third kappa shape index (κ3) is 3.93. The van der Waals surface area contributed by atoms with Gasteiger partial charge in [-0.05, 0) is 29.8 Å². The summed E-state index contributed by atoms with van der Waals surface area (Å²) in [6.45, 7) is 0.142. The summed E-state index contributed by atoms with van der Waals surface area (Å²) in [5, 5.41) is 0.405. The molecule has 0 saturated carbocycles. The van der Waals surface area contributed by atoms with Gasteiger partial charge in [0.1, 0.15) is 11.8 Å². The van der Waals surface area contributed by atoms with Crippen LogP contribution in [0.15, 0.2) is 40.9 Å². The standard InChI is InChI=1S/C13H8BrCl2NO2/c14-9-3-1-2-8(6-9)7-19-13(18)12-10(15)4-5-11(16)17-12/h1-6H,7H2. The van der Waals surface area contributed by atoms with Crippen LogP contribution in [0, 0.1) is 0 Å². The third-order valence-electron chi connectivity index (χ3n) is 2.26. The van der Waals surface area contributed by atoms with Crippen LogP contribution in [0.4, 0.5) is 0 Å². The van der Waals surface area contributed by atoms with E-state index >= 15 is 0 Å². The van der Waals surface area contributed by atoms with Crippen molar-refractivity contribution in [3.05, 3.63) is 62.3 Å². The van der Waals surface area contributed by atoms with Crippen molar-refractivity contribution in [1.82, 2.24) is 4.98 Å². The highest BCUT2D eigenvalue weighted by Gasteiger charge is 2.14. The number of nitrogens with zero attached hydrogens (tertiary/aromatic N) is 1. The van der Waals surface area contributed by atoms with E-state index < -0.39 is 5.97 Å². The number of halogens is 3. The Morgan fingerprint density at radius 1 is 1.26 bits per heavy atom. The Bertz CT molecular complexity index is 619. The number of benzene rings is 1. The molecule has 1 heterocycles. The van der Waals surface area contributed by atoms with Crippen LogP contribution < -0.4 is 0 Å². The maximum atomic E-state index is 11.8. The van der Waals surface area contributed by atoms with Gasteiger partial charge >= 0.3 is 5.97 Å². The van der Waals surface area contributed by atoms with E-state index in [-0.39, 0.29) is 22.5 Å². The molecule has 6 heteroatoms. The Hall–Kier alpha value is -1.10. The minimum absolute atomic E-state index is 0.0177. The lowest BCUT2D eigenvalue weighted by Gasteiger charge is -2.06. The van der Waals surface area contributed by atoms with Gasteiger partial charge in [-0.1, -0.05) is 51.3 Å². The van der Waals surface area contributed by atoms with Crippen LogP contribution in [0.2, 0.25) is 10.2 Å². The zero-order valence-electron chi connectivity index (χ0n) is 9.57. The molecular weight excluding hydrogens is 353 g/mol. The van der Waals surface area contributed by atoms with Crippen LogP contribution >= 0.6 is 39.1 Å². The van der Waals surface area contributed by atoms with Crippen molar-refractivity contribution in [2.75, 3.05) is 0 Å². The lowest BCUT2D eigenvalue weighted by atomic mass is 10.2. The molecule has 19 heavy (non-hydrogen) atoms. The number of aromatic nitrogens is 1.